The molecule has 1 amide bonds. The zero-order valence-electron chi connectivity index (χ0n) is 15.6. The van der Waals surface area contributed by atoms with E-state index in [0.29, 0.717) is 28.3 Å². The summed E-state index contributed by atoms with van der Waals surface area (Å²) >= 11 is 0. The highest BCUT2D eigenvalue weighted by Gasteiger charge is 2.29. The topological polar surface area (TPSA) is 68.0 Å². The fraction of sp³-hybridized carbons (Fsp3) is 0.381. The van der Waals surface area contributed by atoms with E-state index < -0.39 is 0 Å². The summed E-state index contributed by atoms with van der Waals surface area (Å²) in [5.41, 5.74) is 6.20. The first-order valence-corrected chi connectivity index (χ1v) is 9.09. The summed E-state index contributed by atoms with van der Waals surface area (Å²) in [5.74, 6) is 0.325. The van der Waals surface area contributed by atoms with Crippen LogP contribution in [0, 0.1) is 20.8 Å². The van der Waals surface area contributed by atoms with Crippen molar-refractivity contribution in [2.75, 3.05) is 0 Å². The molecule has 2 heterocycles. The van der Waals surface area contributed by atoms with Crippen LogP contribution in [-0.4, -0.2) is 16.0 Å². The number of amides is 1. The number of hydrogen-bond acceptors (Lipinski definition) is 4. The predicted molar refractivity (Wildman–Crippen MR) is 100 cm³/mol. The van der Waals surface area contributed by atoms with E-state index in [4.69, 9.17) is 4.52 Å². The highest BCUT2D eigenvalue weighted by molar-refractivity contribution is 6.06. The third-order valence-electron chi connectivity index (χ3n) is 5.12. The number of aryl methyl sites for hydroxylation is 3. The Morgan fingerprint density at radius 2 is 2.00 bits per heavy atom. The number of nitrogens with one attached hydrogen (secondary N) is 1. The third kappa shape index (κ3) is 2.98. The molecule has 0 bridgehead atoms. The van der Waals surface area contributed by atoms with E-state index in [0.717, 1.165) is 24.1 Å². The van der Waals surface area contributed by atoms with Gasteiger partial charge < -0.3 is 9.84 Å². The van der Waals surface area contributed by atoms with Gasteiger partial charge in [0.1, 0.15) is 0 Å². The van der Waals surface area contributed by atoms with Crippen LogP contribution in [0.15, 0.2) is 28.8 Å². The Morgan fingerprint density at radius 3 is 2.69 bits per heavy atom. The quantitative estimate of drug-likeness (QED) is 0.752. The standard InChI is InChI=1S/C21H23N3O2/c1-11-5-8-16(12(2)9-11)13(3)22-20(25)17-10-18(15-6-7-15)23-21-19(17)14(4)24-26-21/h5,8-10,13,15H,6-7H2,1-4H3,(H,22,25)/t13-/m1/s1. The Labute approximate surface area is 152 Å². The number of aromatic nitrogens is 2. The zero-order valence-corrected chi connectivity index (χ0v) is 15.6. The van der Waals surface area contributed by atoms with E-state index >= 15 is 0 Å². The SMILES string of the molecule is Cc1ccc([C@@H](C)NC(=O)c2cc(C3CC3)nc3onc(C)c23)c(C)c1. The first-order valence-electron chi connectivity index (χ1n) is 9.09. The number of benzene rings is 1. The van der Waals surface area contributed by atoms with Crippen LogP contribution in [0.5, 0.6) is 0 Å². The number of rotatable bonds is 4. The lowest BCUT2D eigenvalue weighted by atomic mass is 9.99. The first kappa shape index (κ1) is 16.8. The van der Waals surface area contributed by atoms with Gasteiger partial charge in [-0.25, -0.2) is 4.98 Å². The van der Waals surface area contributed by atoms with Crippen LogP contribution in [0.3, 0.4) is 0 Å². The zero-order chi connectivity index (χ0) is 18.4. The molecule has 5 nitrogen and oxygen atoms in total. The van der Waals surface area contributed by atoms with Crippen molar-refractivity contribution in [3.8, 4) is 0 Å². The van der Waals surface area contributed by atoms with E-state index in [2.05, 4.69) is 47.5 Å². The molecule has 0 radical (unpaired) electrons. The van der Waals surface area contributed by atoms with E-state index in [9.17, 15) is 4.79 Å². The molecular weight excluding hydrogens is 326 g/mol. The van der Waals surface area contributed by atoms with Crippen LogP contribution in [0.1, 0.15) is 70.2 Å². The Hall–Kier alpha value is -2.69. The van der Waals surface area contributed by atoms with Gasteiger partial charge in [-0.3, -0.25) is 4.79 Å². The van der Waals surface area contributed by atoms with Gasteiger partial charge in [0, 0.05) is 11.6 Å². The number of nitrogens with zero attached hydrogens (tertiary/aromatic N) is 2. The van der Waals surface area contributed by atoms with Crippen LogP contribution < -0.4 is 5.32 Å². The highest BCUT2D eigenvalue weighted by atomic mass is 16.5. The summed E-state index contributed by atoms with van der Waals surface area (Å²) in [5, 5.41) is 7.84. The maximum Gasteiger partial charge on any atom is 0.259 e. The molecule has 1 atom stereocenters. The molecule has 0 unspecified atom stereocenters. The minimum Gasteiger partial charge on any atom is -0.345 e. The molecule has 134 valence electrons. The highest BCUT2D eigenvalue weighted by Crippen LogP contribution is 2.40. The van der Waals surface area contributed by atoms with Crippen LogP contribution in [0.2, 0.25) is 0 Å². The molecule has 1 aliphatic rings. The van der Waals surface area contributed by atoms with Gasteiger partial charge in [-0.05, 0) is 57.7 Å². The van der Waals surface area contributed by atoms with Crippen molar-refractivity contribution in [1.82, 2.24) is 15.5 Å². The molecule has 3 aromatic rings. The van der Waals surface area contributed by atoms with E-state index in [-0.39, 0.29) is 11.9 Å². The maximum atomic E-state index is 13.1. The second kappa shape index (κ2) is 6.24. The number of carbonyl (C=O) groups excluding carboxylic acids is 1. The Kier molecular flexibility index (Phi) is 4.02. The van der Waals surface area contributed by atoms with Crippen LogP contribution in [0.25, 0.3) is 11.1 Å². The van der Waals surface area contributed by atoms with Crippen molar-refractivity contribution in [3.05, 3.63) is 57.9 Å². The van der Waals surface area contributed by atoms with Gasteiger partial charge in [0.25, 0.3) is 11.6 Å². The molecule has 26 heavy (non-hydrogen) atoms. The summed E-state index contributed by atoms with van der Waals surface area (Å²) in [6.07, 6.45) is 2.23. The minimum absolute atomic E-state index is 0.0872. The lowest BCUT2D eigenvalue weighted by Crippen LogP contribution is -2.27. The van der Waals surface area contributed by atoms with Crippen molar-refractivity contribution in [3.63, 3.8) is 0 Å². The Balaban J connectivity index is 1.68. The Bertz CT molecular complexity index is 1000. The molecule has 0 aliphatic heterocycles. The molecule has 1 aromatic carbocycles. The molecule has 0 saturated heterocycles. The molecule has 2 aromatic heterocycles. The van der Waals surface area contributed by atoms with Gasteiger partial charge in [-0.1, -0.05) is 28.9 Å². The minimum atomic E-state index is -0.113. The normalized spacial score (nSPS) is 15.2. The third-order valence-corrected chi connectivity index (χ3v) is 5.12. The molecule has 1 saturated carbocycles. The van der Waals surface area contributed by atoms with Crippen molar-refractivity contribution in [1.29, 1.82) is 0 Å². The summed E-state index contributed by atoms with van der Waals surface area (Å²) in [7, 11) is 0. The second-order valence-electron chi connectivity index (χ2n) is 7.37. The number of carbonyl (C=O) groups is 1. The summed E-state index contributed by atoms with van der Waals surface area (Å²) in [6, 6.07) is 8.12. The lowest BCUT2D eigenvalue weighted by molar-refractivity contribution is 0.0941. The van der Waals surface area contributed by atoms with Crippen molar-refractivity contribution >= 4 is 17.0 Å². The average molecular weight is 349 g/mol. The average Bonchev–Trinajstić information content (AvgIpc) is 3.38. The smallest absolute Gasteiger partial charge is 0.259 e. The molecular formula is C21H23N3O2. The fourth-order valence-corrected chi connectivity index (χ4v) is 3.54. The summed E-state index contributed by atoms with van der Waals surface area (Å²) < 4.78 is 5.34. The van der Waals surface area contributed by atoms with Gasteiger partial charge in [0.2, 0.25) is 0 Å². The number of hydrogen-bond donors (Lipinski definition) is 1. The number of fused-ring (bicyclic) bond motifs is 1. The second-order valence-corrected chi connectivity index (χ2v) is 7.37. The van der Waals surface area contributed by atoms with Crippen molar-refractivity contribution in [2.24, 2.45) is 0 Å². The summed E-state index contributed by atoms with van der Waals surface area (Å²) in [6.45, 7) is 8.00. The van der Waals surface area contributed by atoms with E-state index in [1.165, 1.54) is 11.1 Å². The van der Waals surface area contributed by atoms with Gasteiger partial charge >= 0.3 is 0 Å². The predicted octanol–water partition coefficient (Wildman–Crippen LogP) is 4.52. The maximum absolute atomic E-state index is 13.1. The van der Waals surface area contributed by atoms with Gasteiger partial charge in [0.05, 0.1) is 22.7 Å². The van der Waals surface area contributed by atoms with Crippen LogP contribution in [-0.2, 0) is 0 Å². The van der Waals surface area contributed by atoms with Crippen molar-refractivity contribution < 1.29 is 9.32 Å². The first-order chi connectivity index (χ1) is 12.4. The monoisotopic (exact) mass is 349 g/mol. The molecule has 1 fully saturated rings. The van der Waals surface area contributed by atoms with Crippen LogP contribution in [0.4, 0.5) is 0 Å². The van der Waals surface area contributed by atoms with Crippen molar-refractivity contribution in [2.45, 2.75) is 52.5 Å². The molecule has 5 heteroatoms. The largest absolute Gasteiger partial charge is 0.345 e. The Morgan fingerprint density at radius 1 is 1.23 bits per heavy atom. The fourth-order valence-electron chi connectivity index (χ4n) is 3.54. The van der Waals surface area contributed by atoms with Gasteiger partial charge in [-0.2, -0.15) is 0 Å². The molecule has 0 spiro atoms. The molecule has 1 N–H and O–H groups in total. The van der Waals surface area contributed by atoms with E-state index in [1.54, 1.807) is 0 Å². The van der Waals surface area contributed by atoms with Gasteiger partial charge in [0.15, 0.2) is 0 Å². The molecule has 4 rings (SSSR count). The van der Waals surface area contributed by atoms with Gasteiger partial charge in [-0.15, -0.1) is 0 Å². The van der Waals surface area contributed by atoms with Crippen LogP contribution >= 0.6 is 0 Å². The van der Waals surface area contributed by atoms with E-state index in [1.807, 2.05) is 19.9 Å². The molecule has 1 aliphatic carbocycles. The lowest BCUT2D eigenvalue weighted by Gasteiger charge is -2.17. The number of pyridine rings is 1. The summed E-state index contributed by atoms with van der Waals surface area (Å²) in [4.78, 5) is 17.6.